The van der Waals surface area contributed by atoms with Crippen molar-refractivity contribution in [3.05, 3.63) is 47.0 Å². The molecule has 0 nitrogen and oxygen atoms in total. The summed E-state index contributed by atoms with van der Waals surface area (Å²) >= 11 is 0. The molecule has 0 radical (unpaired) electrons. The summed E-state index contributed by atoms with van der Waals surface area (Å²) in [5.41, 5.74) is 3.27. The van der Waals surface area contributed by atoms with Gasteiger partial charge in [-0.25, -0.2) is 8.78 Å². The molecule has 2 saturated carbocycles. The fourth-order valence-electron chi connectivity index (χ4n) is 6.05. The summed E-state index contributed by atoms with van der Waals surface area (Å²) in [6.45, 7) is 2.25. The van der Waals surface area contributed by atoms with Crippen LogP contribution in [0.2, 0.25) is 0 Å². The molecule has 0 heterocycles. The van der Waals surface area contributed by atoms with E-state index in [4.69, 9.17) is 0 Å². The van der Waals surface area contributed by atoms with Gasteiger partial charge in [-0.2, -0.15) is 0 Å². The van der Waals surface area contributed by atoms with Crippen molar-refractivity contribution in [3.8, 4) is 0 Å². The summed E-state index contributed by atoms with van der Waals surface area (Å²) in [5.74, 6) is 3.08. The molecule has 0 N–H and O–H groups in total. The van der Waals surface area contributed by atoms with Crippen molar-refractivity contribution in [2.75, 3.05) is 0 Å². The highest BCUT2D eigenvalue weighted by Crippen LogP contribution is 2.48. The quantitative estimate of drug-likeness (QED) is 0.539. The molecule has 142 valence electrons. The van der Waals surface area contributed by atoms with Crippen molar-refractivity contribution in [2.24, 2.45) is 23.7 Å². The van der Waals surface area contributed by atoms with E-state index in [2.05, 4.69) is 19.1 Å². The van der Waals surface area contributed by atoms with Crippen LogP contribution in [0.25, 0.3) is 0 Å². The van der Waals surface area contributed by atoms with Crippen LogP contribution in [0.5, 0.6) is 0 Å². The van der Waals surface area contributed by atoms with Gasteiger partial charge in [0.1, 0.15) is 5.82 Å². The molecule has 5 atom stereocenters. The highest BCUT2D eigenvalue weighted by molar-refractivity contribution is 5.38. The van der Waals surface area contributed by atoms with Crippen molar-refractivity contribution in [2.45, 2.75) is 77.0 Å². The number of hydrogen-bond donors (Lipinski definition) is 0. The van der Waals surface area contributed by atoms with Gasteiger partial charge in [0.25, 0.3) is 0 Å². The Morgan fingerprint density at radius 2 is 1.85 bits per heavy atom. The molecule has 3 aliphatic rings. The van der Waals surface area contributed by atoms with E-state index in [-0.39, 0.29) is 5.82 Å². The molecular formula is C24H32F2. The maximum atomic E-state index is 15.3. The van der Waals surface area contributed by atoms with Gasteiger partial charge in [0.05, 0.1) is 6.33 Å². The van der Waals surface area contributed by atoms with Crippen molar-refractivity contribution >= 4 is 0 Å². The molecule has 26 heavy (non-hydrogen) atoms. The third kappa shape index (κ3) is 3.49. The van der Waals surface area contributed by atoms with Crippen molar-refractivity contribution < 1.29 is 8.78 Å². The lowest BCUT2D eigenvalue weighted by Gasteiger charge is -2.42. The number of allylic oxidation sites excluding steroid dienone is 1. The minimum absolute atomic E-state index is 0.120. The highest BCUT2D eigenvalue weighted by atomic mass is 19.1. The lowest BCUT2D eigenvalue weighted by molar-refractivity contribution is 0.132. The van der Waals surface area contributed by atoms with E-state index in [1.165, 1.54) is 24.8 Å². The molecule has 0 aliphatic heterocycles. The standard InChI is InChI=1S/C24H32F2/c1-2-16-4-9-22-20(13-16)8-10-23(24(22)26)21-7-6-18-14-17(11-12-25)3-5-19(18)15-21/h8,10-12,16-19,21H,2-7,9,13-15H2,1H3/b12-11+. The van der Waals surface area contributed by atoms with Gasteiger partial charge >= 0.3 is 0 Å². The number of rotatable bonds is 3. The zero-order valence-corrected chi connectivity index (χ0v) is 16.0. The number of halogens is 2. The molecule has 1 aromatic rings. The predicted octanol–water partition coefficient (Wildman–Crippen LogP) is 7.12. The molecular weight excluding hydrogens is 326 g/mol. The second-order valence-electron chi connectivity index (χ2n) is 9.05. The molecule has 0 bridgehead atoms. The van der Waals surface area contributed by atoms with Crippen LogP contribution in [0.4, 0.5) is 8.78 Å². The molecule has 2 fully saturated rings. The molecule has 0 spiro atoms. The summed E-state index contributed by atoms with van der Waals surface area (Å²) in [6.07, 6.45) is 13.6. The monoisotopic (exact) mass is 358 g/mol. The summed E-state index contributed by atoms with van der Waals surface area (Å²) < 4.78 is 27.8. The van der Waals surface area contributed by atoms with Gasteiger partial charge in [-0.3, -0.25) is 0 Å². The van der Waals surface area contributed by atoms with E-state index in [0.29, 0.717) is 23.7 Å². The van der Waals surface area contributed by atoms with Crippen LogP contribution in [0.1, 0.15) is 80.9 Å². The van der Waals surface area contributed by atoms with E-state index < -0.39 is 0 Å². The largest absolute Gasteiger partial charge is 0.216 e. The van der Waals surface area contributed by atoms with E-state index in [1.807, 2.05) is 0 Å². The van der Waals surface area contributed by atoms with Crippen molar-refractivity contribution in [1.82, 2.24) is 0 Å². The van der Waals surface area contributed by atoms with Crippen molar-refractivity contribution in [1.29, 1.82) is 0 Å². The Labute approximate surface area is 157 Å². The Hall–Kier alpha value is -1.18. The zero-order chi connectivity index (χ0) is 18.1. The third-order valence-corrected chi connectivity index (χ3v) is 7.70. The van der Waals surface area contributed by atoms with Crippen LogP contribution in [-0.2, 0) is 12.8 Å². The maximum Gasteiger partial charge on any atom is 0.130 e. The molecule has 3 aliphatic carbocycles. The Balaban J connectivity index is 1.48. The van der Waals surface area contributed by atoms with E-state index in [9.17, 15) is 4.39 Å². The van der Waals surface area contributed by atoms with E-state index in [0.717, 1.165) is 68.3 Å². The molecule has 0 amide bonds. The summed E-state index contributed by atoms with van der Waals surface area (Å²) in [5, 5.41) is 0. The van der Waals surface area contributed by atoms with Crippen LogP contribution >= 0.6 is 0 Å². The second-order valence-corrected chi connectivity index (χ2v) is 9.05. The van der Waals surface area contributed by atoms with Crippen LogP contribution in [-0.4, -0.2) is 0 Å². The smallest absolute Gasteiger partial charge is 0.130 e. The van der Waals surface area contributed by atoms with Gasteiger partial charge in [0.15, 0.2) is 0 Å². The minimum Gasteiger partial charge on any atom is -0.216 e. The first-order valence-corrected chi connectivity index (χ1v) is 10.8. The molecule has 1 aromatic carbocycles. The molecule has 2 heteroatoms. The van der Waals surface area contributed by atoms with Crippen molar-refractivity contribution in [3.63, 3.8) is 0 Å². The SMILES string of the molecule is CCC1CCc2c(ccc(C3CCC4CC(/C=C/F)CCC4C3)c2F)C1. The number of fused-ring (bicyclic) bond motifs is 2. The van der Waals surface area contributed by atoms with Gasteiger partial charge in [0.2, 0.25) is 0 Å². The Kier molecular flexibility index (Phi) is 5.47. The van der Waals surface area contributed by atoms with Gasteiger partial charge in [-0.15, -0.1) is 0 Å². The normalized spacial score (nSPS) is 34.5. The summed E-state index contributed by atoms with van der Waals surface area (Å²) in [4.78, 5) is 0. The average molecular weight is 359 g/mol. The Bertz CT molecular complexity index is 662. The molecule has 4 rings (SSSR count). The molecule has 0 saturated heterocycles. The lowest BCUT2D eigenvalue weighted by Crippen LogP contribution is -2.30. The van der Waals surface area contributed by atoms with Crippen LogP contribution < -0.4 is 0 Å². The summed E-state index contributed by atoms with van der Waals surface area (Å²) in [7, 11) is 0. The topological polar surface area (TPSA) is 0 Å². The maximum absolute atomic E-state index is 15.3. The summed E-state index contributed by atoms with van der Waals surface area (Å²) in [6, 6.07) is 4.33. The second kappa shape index (κ2) is 7.82. The fourth-order valence-corrected chi connectivity index (χ4v) is 6.05. The Morgan fingerprint density at radius 3 is 2.65 bits per heavy atom. The van der Waals surface area contributed by atoms with Crippen LogP contribution in [0.15, 0.2) is 24.5 Å². The van der Waals surface area contributed by atoms with E-state index >= 15 is 4.39 Å². The Morgan fingerprint density at radius 1 is 1.04 bits per heavy atom. The minimum atomic E-state index is 0.120. The molecule has 5 unspecified atom stereocenters. The van der Waals surface area contributed by atoms with Gasteiger partial charge in [-0.05, 0) is 104 Å². The molecule has 0 aromatic heterocycles. The average Bonchev–Trinajstić information content (AvgIpc) is 2.68. The first kappa shape index (κ1) is 18.2. The first-order chi connectivity index (χ1) is 12.7. The van der Waals surface area contributed by atoms with E-state index in [1.54, 1.807) is 6.08 Å². The fraction of sp³-hybridized carbons (Fsp3) is 0.667. The van der Waals surface area contributed by atoms with Gasteiger partial charge in [0, 0.05) is 0 Å². The number of benzene rings is 1. The third-order valence-electron chi connectivity index (χ3n) is 7.70. The van der Waals surface area contributed by atoms with Gasteiger partial charge in [-0.1, -0.05) is 31.6 Å². The number of hydrogen-bond acceptors (Lipinski definition) is 0. The lowest BCUT2D eigenvalue weighted by atomic mass is 9.63. The predicted molar refractivity (Wildman–Crippen MR) is 103 cm³/mol. The van der Waals surface area contributed by atoms with Crippen LogP contribution in [0, 0.1) is 29.5 Å². The van der Waals surface area contributed by atoms with Gasteiger partial charge < -0.3 is 0 Å². The highest BCUT2D eigenvalue weighted by Gasteiger charge is 2.36. The zero-order valence-electron chi connectivity index (χ0n) is 16.0. The first-order valence-electron chi connectivity index (χ1n) is 10.8. The van der Waals surface area contributed by atoms with Crippen LogP contribution in [0.3, 0.4) is 0 Å².